The van der Waals surface area contributed by atoms with E-state index in [2.05, 4.69) is 0 Å². The molecule has 0 aliphatic carbocycles. The molecule has 2 aromatic rings. The first-order chi connectivity index (χ1) is 8.61. The number of carbonyl (C=O) groups excluding carboxylic acids is 1. The highest BCUT2D eigenvalue weighted by molar-refractivity contribution is 6.42. The molecule has 0 radical (unpaired) electrons. The van der Waals surface area contributed by atoms with Gasteiger partial charge in [0.2, 0.25) is 0 Å². The third-order valence-corrected chi connectivity index (χ3v) is 3.50. The van der Waals surface area contributed by atoms with Gasteiger partial charge in [-0.3, -0.25) is 4.79 Å². The molecule has 3 heteroatoms. The van der Waals surface area contributed by atoms with Crippen molar-refractivity contribution in [2.75, 3.05) is 0 Å². The minimum Gasteiger partial charge on any atom is -0.294 e. The van der Waals surface area contributed by atoms with E-state index in [4.69, 9.17) is 23.2 Å². The Morgan fingerprint density at radius 1 is 1.00 bits per heavy atom. The van der Waals surface area contributed by atoms with Crippen molar-refractivity contribution in [3.63, 3.8) is 0 Å². The number of rotatable bonds is 3. The summed E-state index contributed by atoms with van der Waals surface area (Å²) in [5.74, 6) is 0.136. The summed E-state index contributed by atoms with van der Waals surface area (Å²) < 4.78 is 0. The first-order valence-corrected chi connectivity index (χ1v) is 6.46. The highest BCUT2D eigenvalue weighted by atomic mass is 35.5. The van der Waals surface area contributed by atoms with Crippen molar-refractivity contribution in [3.8, 4) is 11.1 Å². The molecule has 0 amide bonds. The monoisotopic (exact) mass is 278 g/mol. The predicted octanol–water partition coefficient (Wildman–Crippen LogP) is 5.25. The molecule has 0 spiro atoms. The second-order valence-electron chi connectivity index (χ2n) is 3.99. The molecule has 1 nitrogen and oxygen atoms in total. The molecule has 0 bridgehead atoms. The molecule has 0 saturated heterocycles. The smallest absolute Gasteiger partial charge is 0.162 e. The molecule has 0 atom stereocenters. The van der Waals surface area contributed by atoms with Crippen LogP contribution in [0.25, 0.3) is 11.1 Å². The number of hydrogen-bond donors (Lipinski definition) is 0. The summed E-state index contributed by atoms with van der Waals surface area (Å²) in [6.07, 6.45) is 0.505. The Morgan fingerprint density at radius 3 is 2.39 bits per heavy atom. The van der Waals surface area contributed by atoms with E-state index in [1.165, 1.54) is 0 Å². The summed E-state index contributed by atoms with van der Waals surface area (Å²) in [6.45, 7) is 1.86. The topological polar surface area (TPSA) is 17.1 Å². The first-order valence-electron chi connectivity index (χ1n) is 5.70. The fraction of sp³-hybridized carbons (Fsp3) is 0.133. The van der Waals surface area contributed by atoms with Gasteiger partial charge in [0.25, 0.3) is 0 Å². The van der Waals surface area contributed by atoms with Crippen molar-refractivity contribution in [2.24, 2.45) is 0 Å². The van der Waals surface area contributed by atoms with Crippen molar-refractivity contribution >= 4 is 29.0 Å². The largest absolute Gasteiger partial charge is 0.294 e. The van der Waals surface area contributed by atoms with Crippen molar-refractivity contribution in [1.29, 1.82) is 0 Å². The van der Waals surface area contributed by atoms with Gasteiger partial charge in [-0.2, -0.15) is 0 Å². The zero-order valence-electron chi connectivity index (χ0n) is 9.91. The number of hydrogen-bond acceptors (Lipinski definition) is 1. The van der Waals surface area contributed by atoms with Crippen molar-refractivity contribution in [1.82, 2.24) is 0 Å². The lowest BCUT2D eigenvalue weighted by Gasteiger charge is -2.05. The van der Waals surface area contributed by atoms with Crippen molar-refractivity contribution < 1.29 is 4.79 Å². The SMILES string of the molecule is CCC(=O)c1cccc(-c2ccc(Cl)c(Cl)c2)c1. The number of Topliss-reactive ketones (excluding diaryl/α,β-unsaturated/α-hetero) is 1. The summed E-state index contributed by atoms with van der Waals surface area (Å²) in [5.41, 5.74) is 2.64. The maximum atomic E-state index is 11.7. The average molecular weight is 279 g/mol. The van der Waals surface area contributed by atoms with Crippen LogP contribution in [0.15, 0.2) is 42.5 Å². The minimum absolute atomic E-state index is 0.136. The normalized spacial score (nSPS) is 10.4. The predicted molar refractivity (Wildman–Crippen MR) is 76.5 cm³/mol. The molecule has 0 aliphatic heterocycles. The van der Waals surface area contributed by atoms with Crippen LogP contribution in [0.5, 0.6) is 0 Å². The summed E-state index contributed by atoms with van der Waals surface area (Å²) in [6, 6.07) is 13.0. The van der Waals surface area contributed by atoms with E-state index >= 15 is 0 Å². The molecule has 0 aliphatic rings. The summed E-state index contributed by atoms with van der Waals surface area (Å²) in [5, 5.41) is 1.04. The zero-order chi connectivity index (χ0) is 13.1. The Kier molecular flexibility index (Phi) is 4.05. The molecule has 2 aromatic carbocycles. The van der Waals surface area contributed by atoms with E-state index in [9.17, 15) is 4.79 Å². The molecule has 0 unspecified atom stereocenters. The lowest BCUT2D eigenvalue weighted by molar-refractivity contribution is 0.0988. The fourth-order valence-corrected chi connectivity index (χ4v) is 2.05. The van der Waals surface area contributed by atoms with Crippen LogP contribution in [0, 0.1) is 0 Å². The van der Waals surface area contributed by atoms with E-state index < -0.39 is 0 Å². The van der Waals surface area contributed by atoms with Crippen LogP contribution in [0.3, 0.4) is 0 Å². The van der Waals surface area contributed by atoms with Gasteiger partial charge in [0.15, 0.2) is 5.78 Å². The first kappa shape index (κ1) is 13.1. The number of halogens is 2. The fourth-order valence-electron chi connectivity index (χ4n) is 1.75. The highest BCUT2D eigenvalue weighted by Gasteiger charge is 2.06. The molecule has 0 N–H and O–H groups in total. The standard InChI is InChI=1S/C15H12Cl2O/c1-2-15(18)12-5-3-4-10(8-12)11-6-7-13(16)14(17)9-11/h3-9H,2H2,1H3. The Hall–Kier alpha value is -1.31. The lowest BCUT2D eigenvalue weighted by atomic mass is 10.0. The maximum absolute atomic E-state index is 11.7. The van der Waals surface area contributed by atoms with E-state index in [0.717, 1.165) is 16.7 Å². The zero-order valence-corrected chi connectivity index (χ0v) is 11.4. The second-order valence-corrected chi connectivity index (χ2v) is 4.80. The van der Waals surface area contributed by atoms with Gasteiger partial charge in [-0.15, -0.1) is 0 Å². The van der Waals surface area contributed by atoms with Gasteiger partial charge in [-0.05, 0) is 29.3 Å². The van der Waals surface area contributed by atoms with Gasteiger partial charge in [0.05, 0.1) is 10.0 Å². The van der Waals surface area contributed by atoms with Gasteiger partial charge < -0.3 is 0 Å². The van der Waals surface area contributed by atoms with Crippen LogP contribution in [0.1, 0.15) is 23.7 Å². The molecule has 0 heterocycles. The molecular formula is C15H12Cl2O. The van der Waals surface area contributed by atoms with Crippen LogP contribution in [0.2, 0.25) is 10.0 Å². The van der Waals surface area contributed by atoms with Crippen molar-refractivity contribution in [2.45, 2.75) is 13.3 Å². The maximum Gasteiger partial charge on any atom is 0.162 e. The molecule has 18 heavy (non-hydrogen) atoms. The lowest BCUT2D eigenvalue weighted by Crippen LogP contribution is -1.96. The number of benzene rings is 2. The van der Waals surface area contributed by atoms with Crippen LogP contribution in [-0.2, 0) is 0 Å². The molecule has 0 aromatic heterocycles. The van der Waals surface area contributed by atoms with Gasteiger partial charge in [-0.1, -0.05) is 54.4 Å². The third-order valence-electron chi connectivity index (χ3n) is 2.76. The van der Waals surface area contributed by atoms with Crippen LogP contribution >= 0.6 is 23.2 Å². The van der Waals surface area contributed by atoms with E-state index in [1.54, 1.807) is 12.1 Å². The molecule has 2 rings (SSSR count). The Morgan fingerprint density at radius 2 is 1.72 bits per heavy atom. The molecular weight excluding hydrogens is 267 g/mol. The van der Waals surface area contributed by atoms with Crippen molar-refractivity contribution in [3.05, 3.63) is 58.1 Å². The summed E-state index contributed by atoms with van der Waals surface area (Å²) in [4.78, 5) is 11.7. The third kappa shape index (κ3) is 2.74. The molecule has 0 fully saturated rings. The van der Waals surface area contributed by atoms with E-state index in [0.29, 0.717) is 16.5 Å². The van der Waals surface area contributed by atoms with Crippen LogP contribution in [-0.4, -0.2) is 5.78 Å². The second kappa shape index (κ2) is 5.55. The highest BCUT2D eigenvalue weighted by Crippen LogP contribution is 2.29. The Labute approximate surface area is 116 Å². The van der Waals surface area contributed by atoms with E-state index in [1.807, 2.05) is 37.3 Å². The molecule has 92 valence electrons. The average Bonchev–Trinajstić information content (AvgIpc) is 2.41. The van der Waals surface area contributed by atoms with Gasteiger partial charge in [0, 0.05) is 12.0 Å². The summed E-state index contributed by atoms with van der Waals surface area (Å²) >= 11 is 11.9. The number of ketones is 1. The number of carbonyl (C=O) groups is 1. The summed E-state index contributed by atoms with van der Waals surface area (Å²) in [7, 11) is 0. The van der Waals surface area contributed by atoms with Crippen LogP contribution in [0.4, 0.5) is 0 Å². The Bertz CT molecular complexity index is 591. The quantitative estimate of drug-likeness (QED) is 0.701. The van der Waals surface area contributed by atoms with E-state index in [-0.39, 0.29) is 5.78 Å². The van der Waals surface area contributed by atoms with Gasteiger partial charge >= 0.3 is 0 Å². The minimum atomic E-state index is 0.136. The van der Waals surface area contributed by atoms with Gasteiger partial charge in [0.1, 0.15) is 0 Å². The van der Waals surface area contributed by atoms with Crippen LogP contribution < -0.4 is 0 Å². The molecule has 0 saturated carbocycles. The Balaban J connectivity index is 2.44. The van der Waals surface area contributed by atoms with Gasteiger partial charge in [-0.25, -0.2) is 0 Å².